The minimum absolute atomic E-state index is 0.0507. The Hall–Kier alpha value is -2.09. The van der Waals surface area contributed by atoms with Gasteiger partial charge in [0, 0.05) is 11.1 Å². The predicted octanol–water partition coefficient (Wildman–Crippen LogP) is 6.40. The monoisotopic (exact) mass is 560 g/mol. The first-order chi connectivity index (χ1) is 14.6. The lowest BCUT2D eigenvalue weighted by atomic mass is 9.89. The number of carbonyl (C=O) groups is 1. The summed E-state index contributed by atoms with van der Waals surface area (Å²) >= 11 is 0.202. The molecule has 0 aliphatic rings. The number of nitrogens with zero attached hydrogens (tertiary/aromatic N) is 1. The van der Waals surface area contributed by atoms with Gasteiger partial charge in [-0.2, -0.15) is 74.6 Å². The third-order valence-corrected chi connectivity index (χ3v) is 4.68. The van der Waals surface area contributed by atoms with E-state index in [0.29, 0.717) is 5.32 Å². The predicted molar refractivity (Wildman–Crippen MR) is 76.2 cm³/mol. The number of hydrogen-bond acceptors (Lipinski definition) is 3. The molecular weight excluding hydrogens is 555 g/mol. The summed E-state index contributed by atoms with van der Waals surface area (Å²) in [5.74, 6) is -61.7. The number of halogens is 17. The molecule has 0 saturated heterocycles. The lowest BCUT2D eigenvalue weighted by molar-refractivity contribution is -0.459. The summed E-state index contributed by atoms with van der Waals surface area (Å²) in [5, 5.41) is -0.359. The SMILES string of the molecule is Cc1cnc(NC(=O)C(F)(F)C(F)(F)C(F)(F)C(F)(F)C(F)(F)C(F)(F)C(F)(F)C(F)(F)F)s1. The van der Waals surface area contributed by atoms with E-state index < -0.39 is 58.7 Å². The molecule has 0 aliphatic heterocycles. The molecule has 0 bridgehead atoms. The highest BCUT2D eigenvalue weighted by atomic mass is 32.1. The van der Waals surface area contributed by atoms with Gasteiger partial charge in [-0.25, -0.2) is 4.98 Å². The van der Waals surface area contributed by atoms with Crippen LogP contribution in [0, 0.1) is 6.92 Å². The van der Waals surface area contributed by atoms with Crippen molar-refractivity contribution in [1.82, 2.24) is 4.98 Å². The Morgan fingerprint density at radius 2 is 1.03 bits per heavy atom. The van der Waals surface area contributed by atoms with Crippen LogP contribution in [0.2, 0.25) is 0 Å². The van der Waals surface area contributed by atoms with Gasteiger partial charge in [0.15, 0.2) is 5.13 Å². The van der Waals surface area contributed by atoms with Crippen molar-refractivity contribution in [2.75, 3.05) is 5.32 Å². The molecule has 0 unspecified atom stereocenters. The minimum Gasteiger partial charge on any atom is -0.296 e. The molecule has 0 saturated carbocycles. The summed E-state index contributed by atoms with van der Waals surface area (Å²) < 4.78 is 223. The normalized spacial score (nSPS) is 15.5. The molecule has 1 aromatic heterocycles. The van der Waals surface area contributed by atoms with Crippen LogP contribution in [0.3, 0.4) is 0 Å². The molecule has 1 heterocycles. The minimum atomic E-state index is -8.75. The lowest BCUT2D eigenvalue weighted by Gasteiger charge is -2.42. The largest absolute Gasteiger partial charge is 0.460 e. The van der Waals surface area contributed by atoms with E-state index in [0.717, 1.165) is 13.1 Å². The van der Waals surface area contributed by atoms with Crippen LogP contribution in [0.4, 0.5) is 79.8 Å². The number of nitrogens with one attached hydrogen (secondary N) is 1. The second-order valence-electron chi connectivity index (χ2n) is 6.25. The van der Waals surface area contributed by atoms with Crippen molar-refractivity contribution in [2.45, 2.75) is 54.6 Å². The lowest BCUT2D eigenvalue weighted by Crippen LogP contribution is -2.75. The first-order valence-electron chi connectivity index (χ1n) is 7.60. The van der Waals surface area contributed by atoms with Crippen molar-refractivity contribution in [2.24, 2.45) is 0 Å². The highest BCUT2D eigenvalue weighted by molar-refractivity contribution is 7.15. The fourth-order valence-corrected chi connectivity index (χ4v) is 2.55. The van der Waals surface area contributed by atoms with Gasteiger partial charge in [-0.05, 0) is 6.92 Å². The van der Waals surface area contributed by atoms with Crippen molar-refractivity contribution in [1.29, 1.82) is 0 Å². The number of thiazole rings is 1. The van der Waals surface area contributed by atoms with E-state index in [1.54, 1.807) is 0 Å². The highest BCUT2D eigenvalue weighted by Gasteiger charge is 2.95. The average molecular weight is 560 g/mol. The van der Waals surface area contributed by atoms with E-state index >= 15 is 0 Å². The van der Waals surface area contributed by atoms with E-state index in [4.69, 9.17) is 0 Å². The quantitative estimate of drug-likeness (QED) is 0.374. The summed E-state index contributed by atoms with van der Waals surface area (Å²) in [6.45, 7) is 1.16. The molecule has 0 aliphatic carbocycles. The summed E-state index contributed by atoms with van der Waals surface area (Å²) in [6, 6.07) is 0. The van der Waals surface area contributed by atoms with Crippen LogP contribution in [0.25, 0.3) is 0 Å². The van der Waals surface area contributed by atoms with Crippen molar-refractivity contribution in [3.05, 3.63) is 11.1 Å². The van der Waals surface area contributed by atoms with Crippen LogP contribution in [0.15, 0.2) is 6.20 Å². The van der Waals surface area contributed by atoms with Gasteiger partial charge in [0.25, 0.3) is 0 Å². The number of aryl methyl sites for hydroxylation is 1. The Balaban J connectivity index is 3.57. The zero-order chi connectivity index (χ0) is 27.6. The van der Waals surface area contributed by atoms with Crippen molar-refractivity contribution in [3.63, 3.8) is 0 Å². The number of rotatable bonds is 8. The first kappa shape index (κ1) is 29.9. The van der Waals surface area contributed by atoms with Crippen molar-refractivity contribution < 1.29 is 79.4 Å². The van der Waals surface area contributed by atoms with Crippen molar-refractivity contribution >= 4 is 22.4 Å². The molecule has 1 amide bonds. The molecule has 1 aromatic rings. The Labute approximate surface area is 178 Å². The summed E-state index contributed by atoms with van der Waals surface area (Å²) in [7, 11) is 0. The smallest absolute Gasteiger partial charge is 0.296 e. The number of anilines is 1. The molecule has 0 atom stereocenters. The molecule has 0 aromatic carbocycles. The molecule has 21 heteroatoms. The third kappa shape index (κ3) is 3.91. The standard InChI is InChI=1S/C13H5F17N2OS/c1-3-2-31-5(34-3)32-4(33)6(14,15)7(16,17)8(18,19)9(20,21)10(22,23)11(24,25)12(26,27)13(28,29)30/h2H,1H3,(H,31,32,33). The Kier molecular flexibility index (Phi) is 7.02. The van der Waals surface area contributed by atoms with E-state index in [-0.39, 0.29) is 16.2 Å². The topological polar surface area (TPSA) is 42.0 Å². The fourth-order valence-electron chi connectivity index (χ4n) is 1.89. The zero-order valence-electron chi connectivity index (χ0n) is 15.3. The summed E-state index contributed by atoms with van der Waals surface area (Å²) in [5.41, 5.74) is 0. The molecule has 1 N–H and O–H groups in total. The van der Waals surface area contributed by atoms with Crippen molar-refractivity contribution in [3.8, 4) is 0 Å². The van der Waals surface area contributed by atoms with E-state index in [2.05, 4.69) is 4.98 Å². The van der Waals surface area contributed by atoms with Gasteiger partial charge in [0.05, 0.1) is 0 Å². The van der Waals surface area contributed by atoms with E-state index in [9.17, 15) is 79.4 Å². The maximum absolute atomic E-state index is 13.7. The molecule has 0 spiro atoms. The van der Waals surface area contributed by atoms with Gasteiger partial charge >= 0.3 is 53.5 Å². The Morgan fingerprint density at radius 1 is 0.676 bits per heavy atom. The maximum atomic E-state index is 13.7. The van der Waals surface area contributed by atoms with Crippen LogP contribution in [0.5, 0.6) is 0 Å². The summed E-state index contributed by atoms with van der Waals surface area (Å²) in [6.07, 6.45) is -7.06. The van der Waals surface area contributed by atoms with Crippen LogP contribution in [-0.2, 0) is 4.79 Å². The number of hydrogen-bond donors (Lipinski definition) is 1. The maximum Gasteiger partial charge on any atom is 0.460 e. The number of alkyl halides is 17. The van der Waals surface area contributed by atoms with Gasteiger partial charge in [-0.3, -0.25) is 10.1 Å². The summed E-state index contributed by atoms with van der Waals surface area (Å²) in [4.78, 5) is 14.3. The molecule has 0 fully saturated rings. The number of amides is 1. The third-order valence-electron chi connectivity index (χ3n) is 3.85. The Bertz CT molecular complexity index is 919. The van der Waals surface area contributed by atoms with Gasteiger partial charge in [0.2, 0.25) is 0 Å². The highest BCUT2D eigenvalue weighted by Crippen LogP contribution is 2.64. The molecule has 1 rings (SSSR count). The first-order valence-corrected chi connectivity index (χ1v) is 8.41. The van der Waals surface area contributed by atoms with Gasteiger partial charge < -0.3 is 0 Å². The molecule has 198 valence electrons. The van der Waals surface area contributed by atoms with Gasteiger partial charge in [-0.1, -0.05) is 0 Å². The van der Waals surface area contributed by atoms with Gasteiger partial charge in [0.1, 0.15) is 0 Å². The second-order valence-corrected chi connectivity index (χ2v) is 7.48. The van der Waals surface area contributed by atoms with Crippen LogP contribution in [-0.4, -0.2) is 58.5 Å². The van der Waals surface area contributed by atoms with Gasteiger partial charge in [-0.15, -0.1) is 11.3 Å². The fraction of sp³-hybridized carbons (Fsp3) is 0.692. The molecule has 0 radical (unpaired) electrons. The average Bonchev–Trinajstić information content (AvgIpc) is 3.04. The van der Waals surface area contributed by atoms with Crippen LogP contribution < -0.4 is 5.32 Å². The molecular formula is C13H5F17N2OS. The number of carbonyl (C=O) groups excluding carboxylic acids is 1. The molecule has 3 nitrogen and oxygen atoms in total. The number of aromatic nitrogens is 1. The Morgan fingerprint density at radius 3 is 1.35 bits per heavy atom. The molecule has 34 heavy (non-hydrogen) atoms. The second kappa shape index (κ2) is 7.97. The van der Waals surface area contributed by atoms with E-state index in [1.807, 2.05) is 0 Å². The zero-order valence-corrected chi connectivity index (χ0v) is 16.1. The van der Waals surface area contributed by atoms with Crippen LogP contribution in [0.1, 0.15) is 4.88 Å². The van der Waals surface area contributed by atoms with E-state index in [1.165, 1.54) is 0 Å². The van der Waals surface area contributed by atoms with Crippen LogP contribution >= 0.6 is 11.3 Å².